The van der Waals surface area contributed by atoms with E-state index in [0.29, 0.717) is 12.5 Å². The summed E-state index contributed by atoms with van der Waals surface area (Å²) in [5, 5.41) is 7.89. The monoisotopic (exact) mass is 399 g/mol. The van der Waals surface area contributed by atoms with Crippen molar-refractivity contribution in [1.82, 2.24) is 24.6 Å². The van der Waals surface area contributed by atoms with Gasteiger partial charge in [0.25, 0.3) is 0 Å². The van der Waals surface area contributed by atoms with Crippen LogP contribution in [0.3, 0.4) is 0 Å². The van der Waals surface area contributed by atoms with Gasteiger partial charge in [-0.1, -0.05) is 30.3 Å². The van der Waals surface area contributed by atoms with Crippen LogP contribution in [-0.4, -0.2) is 38.2 Å². The van der Waals surface area contributed by atoms with Crippen LogP contribution in [0, 0.1) is 10.7 Å². The zero-order valence-electron chi connectivity index (χ0n) is 16.5. The number of likely N-dealkylation sites (tertiary alicyclic amines) is 1. The van der Waals surface area contributed by atoms with Crippen LogP contribution in [0.5, 0.6) is 0 Å². The van der Waals surface area contributed by atoms with Crippen molar-refractivity contribution in [3.63, 3.8) is 0 Å². The quantitative estimate of drug-likeness (QED) is 0.726. The predicted octanol–water partition coefficient (Wildman–Crippen LogP) is 3.30. The molecule has 1 saturated carbocycles. The highest BCUT2D eigenvalue weighted by Crippen LogP contribution is 2.39. The second kappa shape index (κ2) is 8.57. The zero-order valence-corrected chi connectivity index (χ0v) is 17.3. The fourth-order valence-corrected chi connectivity index (χ4v) is 4.27. The third-order valence-corrected chi connectivity index (χ3v) is 6.24. The van der Waals surface area contributed by atoms with Crippen LogP contribution in [0.15, 0.2) is 30.3 Å². The summed E-state index contributed by atoms with van der Waals surface area (Å²) in [7, 11) is 0. The molecule has 2 aliphatic rings. The molecule has 2 fully saturated rings. The van der Waals surface area contributed by atoms with Crippen LogP contribution >= 0.6 is 12.2 Å². The van der Waals surface area contributed by atoms with E-state index in [1.54, 1.807) is 0 Å². The van der Waals surface area contributed by atoms with Gasteiger partial charge < -0.3 is 9.88 Å². The van der Waals surface area contributed by atoms with Gasteiger partial charge in [0.2, 0.25) is 5.91 Å². The molecule has 1 aromatic heterocycles. The van der Waals surface area contributed by atoms with Crippen molar-refractivity contribution in [3.05, 3.63) is 46.5 Å². The molecule has 28 heavy (non-hydrogen) atoms. The minimum atomic E-state index is 0.100. The molecule has 0 unspecified atom stereocenters. The molecule has 2 heterocycles. The Morgan fingerprint density at radius 1 is 1.18 bits per heavy atom. The van der Waals surface area contributed by atoms with E-state index in [1.165, 1.54) is 12.8 Å². The summed E-state index contributed by atoms with van der Waals surface area (Å²) in [6.07, 6.45) is 4.24. The molecule has 150 valence electrons. The summed E-state index contributed by atoms with van der Waals surface area (Å²) in [6.45, 7) is 6.16. The molecule has 1 aliphatic heterocycles. The summed E-state index contributed by atoms with van der Waals surface area (Å²) in [4.78, 5) is 14.9. The molecule has 7 heteroatoms. The number of nitrogens with one attached hydrogen (secondary N) is 1. The first-order valence-corrected chi connectivity index (χ1v) is 10.8. The smallest absolute Gasteiger partial charge is 0.223 e. The predicted molar refractivity (Wildman–Crippen MR) is 111 cm³/mol. The zero-order chi connectivity index (χ0) is 19.5. The van der Waals surface area contributed by atoms with Crippen LogP contribution in [0.1, 0.15) is 49.9 Å². The fraction of sp³-hybridized carbons (Fsp3) is 0.571. The molecule has 0 bridgehead atoms. The van der Waals surface area contributed by atoms with E-state index in [4.69, 9.17) is 17.3 Å². The fourth-order valence-electron chi connectivity index (χ4n) is 3.95. The van der Waals surface area contributed by atoms with Gasteiger partial charge in [0.1, 0.15) is 5.82 Å². The summed E-state index contributed by atoms with van der Waals surface area (Å²) in [5.74, 6) is 2.03. The Labute approximate surface area is 171 Å². The molecule has 6 nitrogen and oxygen atoms in total. The number of rotatable bonds is 7. The lowest BCUT2D eigenvalue weighted by atomic mass is 9.96. The normalized spacial score (nSPS) is 18.3. The van der Waals surface area contributed by atoms with Crippen LogP contribution in [-0.2, 0) is 24.6 Å². The lowest BCUT2D eigenvalue weighted by molar-refractivity contribution is -0.126. The van der Waals surface area contributed by atoms with Crippen LogP contribution < -0.4 is 5.32 Å². The molecular weight excluding hydrogens is 370 g/mol. The maximum Gasteiger partial charge on any atom is 0.223 e. The molecule has 0 radical (unpaired) electrons. The number of nitrogens with zero attached hydrogens (tertiary/aromatic N) is 4. The molecule has 1 aliphatic carbocycles. The average Bonchev–Trinajstić information content (AvgIpc) is 3.53. The van der Waals surface area contributed by atoms with Crippen molar-refractivity contribution >= 4 is 18.1 Å². The molecule has 1 amide bonds. The SMILES string of the molecule is CCn1c(C2CC2)nn(CN2CCC(C(=O)NCc3ccccc3)CC2)c1=S. The lowest BCUT2D eigenvalue weighted by Gasteiger charge is -2.30. The number of piperidine rings is 1. The van der Waals surface area contributed by atoms with E-state index in [0.717, 1.165) is 55.3 Å². The standard InChI is InChI=1S/C21H29N5OS/c1-2-25-19(17-8-9-17)23-26(21(25)28)15-24-12-10-18(11-13-24)20(27)22-14-16-6-4-3-5-7-16/h3-7,17-18H,2,8-15H2,1H3,(H,22,27). The third-order valence-electron chi connectivity index (χ3n) is 5.81. The Kier molecular flexibility index (Phi) is 5.92. The van der Waals surface area contributed by atoms with Gasteiger partial charge in [-0.15, -0.1) is 0 Å². The topological polar surface area (TPSA) is 55.1 Å². The molecule has 2 aromatic rings. The van der Waals surface area contributed by atoms with Gasteiger partial charge in [0.15, 0.2) is 4.77 Å². The molecule has 1 saturated heterocycles. The molecule has 0 spiro atoms. The van der Waals surface area contributed by atoms with Gasteiger partial charge in [-0.2, -0.15) is 5.10 Å². The van der Waals surface area contributed by atoms with Gasteiger partial charge in [-0.25, -0.2) is 4.68 Å². The number of carbonyl (C=O) groups excluding carboxylic acids is 1. The second-order valence-corrected chi connectivity index (χ2v) is 8.26. The minimum Gasteiger partial charge on any atom is -0.352 e. The molecule has 1 aromatic carbocycles. The van der Waals surface area contributed by atoms with Crippen molar-refractivity contribution in [1.29, 1.82) is 0 Å². The first-order valence-electron chi connectivity index (χ1n) is 10.4. The van der Waals surface area contributed by atoms with Crippen molar-refractivity contribution in [2.75, 3.05) is 13.1 Å². The van der Waals surface area contributed by atoms with E-state index in [-0.39, 0.29) is 11.8 Å². The summed E-state index contributed by atoms with van der Waals surface area (Å²) >= 11 is 5.65. The minimum absolute atomic E-state index is 0.100. The van der Waals surface area contributed by atoms with E-state index in [1.807, 2.05) is 35.0 Å². The van der Waals surface area contributed by atoms with Gasteiger partial charge in [0.05, 0.1) is 6.67 Å². The first-order chi connectivity index (χ1) is 13.7. The summed E-state index contributed by atoms with van der Waals surface area (Å²) in [5.41, 5.74) is 1.14. The van der Waals surface area contributed by atoms with E-state index in [2.05, 4.69) is 21.7 Å². The maximum absolute atomic E-state index is 12.5. The molecular formula is C21H29N5OS. The Morgan fingerprint density at radius 3 is 2.54 bits per heavy atom. The number of carbonyl (C=O) groups is 1. The van der Waals surface area contributed by atoms with Crippen LogP contribution in [0.25, 0.3) is 0 Å². The molecule has 0 atom stereocenters. The van der Waals surface area contributed by atoms with Crippen LogP contribution in [0.2, 0.25) is 0 Å². The van der Waals surface area contributed by atoms with Gasteiger partial charge in [-0.05, 0) is 50.4 Å². The first kappa shape index (κ1) is 19.3. The van der Waals surface area contributed by atoms with Gasteiger partial charge >= 0.3 is 0 Å². The Morgan fingerprint density at radius 2 is 1.89 bits per heavy atom. The van der Waals surface area contributed by atoms with Gasteiger partial charge in [0, 0.05) is 38.0 Å². The van der Waals surface area contributed by atoms with Crippen molar-refractivity contribution < 1.29 is 4.79 Å². The number of aromatic nitrogens is 3. The lowest BCUT2D eigenvalue weighted by Crippen LogP contribution is -2.41. The number of hydrogen-bond donors (Lipinski definition) is 1. The van der Waals surface area contributed by atoms with Crippen LogP contribution in [0.4, 0.5) is 0 Å². The highest BCUT2D eigenvalue weighted by Gasteiger charge is 2.30. The highest BCUT2D eigenvalue weighted by molar-refractivity contribution is 7.71. The van der Waals surface area contributed by atoms with Crippen molar-refractivity contribution in [2.45, 2.75) is 58.3 Å². The average molecular weight is 400 g/mol. The Bertz CT molecular complexity index is 863. The second-order valence-electron chi connectivity index (χ2n) is 7.90. The Hall–Kier alpha value is -1.99. The van der Waals surface area contributed by atoms with E-state index >= 15 is 0 Å². The maximum atomic E-state index is 12.5. The number of hydrogen-bond acceptors (Lipinski definition) is 4. The van der Waals surface area contributed by atoms with E-state index in [9.17, 15) is 4.79 Å². The Balaban J connectivity index is 1.28. The highest BCUT2D eigenvalue weighted by atomic mass is 32.1. The third kappa shape index (κ3) is 4.36. The summed E-state index contributed by atoms with van der Waals surface area (Å²) in [6, 6.07) is 10.1. The van der Waals surface area contributed by atoms with Gasteiger partial charge in [-0.3, -0.25) is 9.69 Å². The summed E-state index contributed by atoms with van der Waals surface area (Å²) < 4.78 is 4.98. The van der Waals surface area contributed by atoms with E-state index < -0.39 is 0 Å². The largest absolute Gasteiger partial charge is 0.352 e. The number of benzene rings is 1. The van der Waals surface area contributed by atoms with Crippen molar-refractivity contribution in [3.8, 4) is 0 Å². The van der Waals surface area contributed by atoms with Crippen molar-refractivity contribution in [2.24, 2.45) is 5.92 Å². The molecule has 1 N–H and O–H groups in total. The molecule has 4 rings (SSSR count). The number of amides is 1.